The second kappa shape index (κ2) is 10.9. The molecule has 0 radical (unpaired) electrons. The van der Waals surface area contributed by atoms with E-state index in [9.17, 15) is 27.9 Å². The summed E-state index contributed by atoms with van der Waals surface area (Å²) in [7, 11) is 1.38. The molecular weight excluding hydrogens is 566 g/mol. The molecule has 2 N–H and O–H groups in total. The second-order valence-corrected chi connectivity index (χ2v) is 10.7. The van der Waals surface area contributed by atoms with Crippen LogP contribution in [-0.4, -0.2) is 41.6 Å². The number of carbonyl (C=O) groups excluding carboxylic acids is 2. The maximum absolute atomic E-state index is 15.1. The van der Waals surface area contributed by atoms with Crippen LogP contribution in [0.3, 0.4) is 0 Å². The molecular formula is C29H26ClF4N3O4. The first-order valence-corrected chi connectivity index (χ1v) is 13.3. The van der Waals surface area contributed by atoms with Crippen LogP contribution < -0.4 is 15.0 Å². The van der Waals surface area contributed by atoms with Gasteiger partial charge in [-0.1, -0.05) is 29.8 Å². The third-order valence-electron chi connectivity index (χ3n) is 7.70. The van der Waals surface area contributed by atoms with Crippen LogP contribution in [0.5, 0.6) is 5.75 Å². The summed E-state index contributed by atoms with van der Waals surface area (Å²) < 4.78 is 60.2. The summed E-state index contributed by atoms with van der Waals surface area (Å²) in [6, 6.07) is 11.1. The molecule has 2 aliphatic rings. The van der Waals surface area contributed by atoms with Crippen LogP contribution in [0.15, 0.2) is 54.7 Å². The summed E-state index contributed by atoms with van der Waals surface area (Å²) in [4.78, 5) is 31.2. The lowest BCUT2D eigenvalue weighted by Crippen LogP contribution is -2.45. The zero-order valence-corrected chi connectivity index (χ0v) is 22.6. The van der Waals surface area contributed by atoms with Gasteiger partial charge in [-0.3, -0.25) is 9.59 Å². The van der Waals surface area contributed by atoms with Crippen LogP contribution in [-0.2, 0) is 16.6 Å². The van der Waals surface area contributed by atoms with E-state index in [0.717, 1.165) is 18.3 Å². The number of nitrogens with one attached hydrogen (secondary N) is 1. The molecule has 1 aliphatic carbocycles. The molecule has 3 aromatic rings. The summed E-state index contributed by atoms with van der Waals surface area (Å²) >= 11 is 5.80. The number of pyridine rings is 1. The Morgan fingerprint density at radius 1 is 1.15 bits per heavy atom. The number of alkyl halides is 3. The van der Waals surface area contributed by atoms with Gasteiger partial charge in [-0.05, 0) is 55.9 Å². The highest BCUT2D eigenvalue weighted by molar-refractivity contribution is 6.30. The summed E-state index contributed by atoms with van der Waals surface area (Å²) in [6.45, 7) is 0.243. The Morgan fingerprint density at radius 2 is 1.85 bits per heavy atom. The molecule has 2 aromatic carbocycles. The number of amides is 2. The summed E-state index contributed by atoms with van der Waals surface area (Å²) in [5.74, 6) is -2.15. The zero-order chi connectivity index (χ0) is 29.5. The molecule has 12 heteroatoms. The smallest absolute Gasteiger partial charge is 0.434 e. The van der Waals surface area contributed by atoms with E-state index in [-0.39, 0.29) is 40.4 Å². The second-order valence-electron chi connectivity index (χ2n) is 10.2. The van der Waals surface area contributed by atoms with Crippen molar-refractivity contribution >= 4 is 29.1 Å². The van der Waals surface area contributed by atoms with E-state index in [1.807, 2.05) is 0 Å². The van der Waals surface area contributed by atoms with Crippen LogP contribution in [0.25, 0.3) is 0 Å². The van der Waals surface area contributed by atoms with E-state index in [0.29, 0.717) is 31.4 Å². The molecule has 216 valence electrons. The van der Waals surface area contributed by atoms with Gasteiger partial charge in [0.2, 0.25) is 0 Å². The Bertz CT molecular complexity index is 1490. The normalized spacial score (nSPS) is 22.4. The lowest BCUT2D eigenvalue weighted by molar-refractivity contribution is -0.141. The van der Waals surface area contributed by atoms with E-state index in [1.54, 1.807) is 24.3 Å². The minimum atomic E-state index is -4.82. The van der Waals surface area contributed by atoms with Crippen LogP contribution in [0, 0.1) is 11.7 Å². The van der Waals surface area contributed by atoms with E-state index in [2.05, 4.69) is 10.3 Å². The van der Waals surface area contributed by atoms with Crippen molar-refractivity contribution in [2.45, 2.75) is 43.5 Å². The number of fused-ring (bicyclic) bond motifs is 1. The number of aliphatic hydroxyl groups is 1. The maximum atomic E-state index is 15.1. The molecule has 0 saturated heterocycles. The molecule has 1 saturated carbocycles. The lowest BCUT2D eigenvalue weighted by Gasteiger charge is -2.32. The third kappa shape index (κ3) is 5.36. The molecule has 2 heterocycles. The topological polar surface area (TPSA) is 91.8 Å². The van der Waals surface area contributed by atoms with Gasteiger partial charge in [-0.2, -0.15) is 13.2 Å². The summed E-state index contributed by atoms with van der Waals surface area (Å²) in [5.41, 5.74) is -3.61. The molecule has 41 heavy (non-hydrogen) atoms. The quantitative estimate of drug-likeness (QED) is 0.371. The summed E-state index contributed by atoms with van der Waals surface area (Å²) in [5, 5.41) is 14.2. The first-order chi connectivity index (χ1) is 19.4. The lowest BCUT2D eigenvalue weighted by atomic mass is 9.85. The van der Waals surface area contributed by atoms with Gasteiger partial charge in [0, 0.05) is 36.0 Å². The van der Waals surface area contributed by atoms with Crippen molar-refractivity contribution in [3.8, 4) is 5.75 Å². The number of benzene rings is 2. The van der Waals surface area contributed by atoms with E-state index >= 15 is 4.39 Å². The number of ether oxygens (including phenoxy) is 1. The number of nitrogens with zero attached hydrogens (tertiary/aromatic N) is 2. The number of carbonyl (C=O) groups is 2. The first-order valence-electron chi connectivity index (χ1n) is 12.9. The first kappa shape index (κ1) is 28.8. The average molecular weight is 592 g/mol. The Balaban J connectivity index is 1.29. The van der Waals surface area contributed by atoms with Crippen LogP contribution in [0.2, 0.25) is 5.02 Å². The van der Waals surface area contributed by atoms with Crippen molar-refractivity contribution in [1.29, 1.82) is 0 Å². The average Bonchev–Trinajstić information content (AvgIpc) is 3.15. The van der Waals surface area contributed by atoms with E-state index in [1.165, 1.54) is 24.1 Å². The fourth-order valence-corrected chi connectivity index (χ4v) is 5.80. The van der Waals surface area contributed by atoms with Crippen LogP contribution >= 0.6 is 11.6 Å². The highest BCUT2D eigenvalue weighted by Gasteiger charge is 2.52. The van der Waals surface area contributed by atoms with Crippen LogP contribution in [0.1, 0.15) is 52.9 Å². The number of rotatable bonds is 6. The molecule has 7 nitrogen and oxygen atoms in total. The van der Waals surface area contributed by atoms with E-state index < -0.39 is 40.7 Å². The molecule has 1 fully saturated rings. The van der Waals surface area contributed by atoms with Crippen molar-refractivity contribution in [3.05, 3.63) is 88.0 Å². The van der Waals surface area contributed by atoms with Crippen molar-refractivity contribution in [3.63, 3.8) is 0 Å². The Hall–Kier alpha value is -3.70. The van der Waals surface area contributed by atoms with Gasteiger partial charge in [0.1, 0.15) is 11.6 Å². The minimum Gasteiger partial charge on any atom is -0.497 e. The van der Waals surface area contributed by atoms with Crippen molar-refractivity contribution in [2.75, 3.05) is 18.6 Å². The fourth-order valence-electron chi connectivity index (χ4n) is 5.64. The Morgan fingerprint density at radius 3 is 2.51 bits per heavy atom. The molecule has 0 spiro atoms. The number of aromatic nitrogens is 1. The maximum Gasteiger partial charge on any atom is 0.434 e. The molecule has 0 bridgehead atoms. The van der Waals surface area contributed by atoms with Gasteiger partial charge in [0.15, 0.2) is 11.3 Å². The number of para-hydroxylation sites is 1. The van der Waals surface area contributed by atoms with Gasteiger partial charge in [0.25, 0.3) is 11.8 Å². The number of anilines is 1. The minimum absolute atomic E-state index is 0.0261. The molecule has 1 atom stereocenters. The standard InChI is InChI=1S/C29H26ClF4N3O4/c1-41-19-10-11-21(23(31)13-19)28(40)22-4-2-3-5-24(22)37(27(28)39)15-16-6-8-18(9-7-16)36-26(38)20-12-17(30)14-35-25(20)29(32,33)34/h2-5,10-14,16,18,40H,6-9,15H2,1H3,(H,36,38). The monoisotopic (exact) mass is 591 g/mol. The van der Waals surface area contributed by atoms with Gasteiger partial charge >= 0.3 is 6.18 Å². The Kier molecular flexibility index (Phi) is 7.69. The third-order valence-corrected chi connectivity index (χ3v) is 7.90. The van der Waals surface area contributed by atoms with Crippen molar-refractivity contribution in [1.82, 2.24) is 10.3 Å². The zero-order valence-electron chi connectivity index (χ0n) is 21.8. The van der Waals surface area contributed by atoms with Crippen LogP contribution in [0.4, 0.5) is 23.2 Å². The Labute approximate surface area is 238 Å². The SMILES string of the molecule is COc1ccc(C2(O)C(=O)N(CC3CCC(NC(=O)c4cc(Cl)cnc4C(F)(F)F)CC3)c3ccccc32)c(F)c1. The molecule has 1 aliphatic heterocycles. The number of methoxy groups -OCH3 is 1. The predicted octanol–water partition coefficient (Wildman–Crippen LogP) is 5.47. The summed E-state index contributed by atoms with van der Waals surface area (Å²) in [6.07, 6.45) is -1.92. The number of halogens is 5. The number of hydrogen-bond donors (Lipinski definition) is 2. The number of hydrogen-bond acceptors (Lipinski definition) is 5. The highest BCUT2D eigenvalue weighted by atomic mass is 35.5. The van der Waals surface area contributed by atoms with Gasteiger partial charge in [-0.15, -0.1) is 0 Å². The highest BCUT2D eigenvalue weighted by Crippen LogP contribution is 2.46. The van der Waals surface area contributed by atoms with Crippen molar-refractivity contribution in [2.24, 2.45) is 5.92 Å². The predicted molar refractivity (Wildman–Crippen MR) is 142 cm³/mol. The van der Waals surface area contributed by atoms with Gasteiger partial charge in [-0.25, -0.2) is 9.37 Å². The van der Waals surface area contributed by atoms with Gasteiger partial charge in [0.05, 0.1) is 23.4 Å². The molecule has 2 amide bonds. The van der Waals surface area contributed by atoms with E-state index in [4.69, 9.17) is 16.3 Å². The largest absolute Gasteiger partial charge is 0.497 e. The molecule has 1 unspecified atom stereocenters. The molecule has 1 aromatic heterocycles. The molecule has 5 rings (SSSR count). The fraction of sp³-hybridized carbons (Fsp3) is 0.345. The van der Waals surface area contributed by atoms with Crippen molar-refractivity contribution < 1.29 is 37.0 Å². The van der Waals surface area contributed by atoms with Gasteiger partial charge < -0.3 is 20.1 Å².